The number of hydrogen-bond donors (Lipinski definition) is 0. The van der Waals surface area contributed by atoms with Crippen molar-refractivity contribution in [3.63, 3.8) is 0 Å². The van der Waals surface area contributed by atoms with E-state index in [1.807, 2.05) is 0 Å². The maximum Gasteiger partial charge on any atom is 0.250 e. The molecule has 16 heavy (non-hydrogen) atoms. The summed E-state index contributed by atoms with van der Waals surface area (Å²) in [6, 6.07) is 6.34. The third-order valence-corrected chi connectivity index (χ3v) is 8.88. The van der Waals surface area contributed by atoms with E-state index in [4.69, 9.17) is 4.43 Å². The lowest BCUT2D eigenvalue weighted by Crippen LogP contribution is -2.43. The Bertz CT molecular complexity index is 380. The van der Waals surface area contributed by atoms with Gasteiger partial charge in [0.15, 0.2) is 0 Å². The summed E-state index contributed by atoms with van der Waals surface area (Å²) in [7, 11) is -1.69. The van der Waals surface area contributed by atoms with Gasteiger partial charge in [-0.2, -0.15) is 0 Å². The van der Waals surface area contributed by atoms with E-state index in [0.717, 1.165) is 5.75 Å². The normalized spacial score (nSPS) is 12.7. The van der Waals surface area contributed by atoms with Crippen LogP contribution in [0.4, 0.5) is 0 Å². The van der Waals surface area contributed by atoms with Crippen LogP contribution < -0.4 is 4.43 Å². The number of hydrogen-bond acceptors (Lipinski definition) is 1. The summed E-state index contributed by atoms with van der Waals surface area (Å²) in [5.74, 6) is 1.02. The largest absolute Gasteiger partial charge is 0.543 e. The first-order chi connectivity index (χ1) is 7.13. The summed E-state index contributed by atoms with van der Waals surface area (Å²) in [5, 5.41) is 0.254. The van der Waals surface area contributed by atoms with Gasteiger partial charge in [-0.25, -0.2) is 0 Å². The Morgan fingerprint density at radius 1 is 1.19 bits per heavy atom. The molecule has 0 saturated carbocycles. The van der Waals surface area contributed by atoms with Gasteiger partial charge in [-0.15, -0.1) is 0 Å². The number of halogens is 1. The molecule has 1 aromatic carbocycles. The average molecular weight is 348 g/mol. The zero-order valence-electron chi connectivity index (χ0n) is 11.0. The molecule has 1 aromatic rings. The first-order valence-corrected chi connectivity index (χ1v) is 9.57. The molecule has 90 valence electrons. The van der Waals surface area contributed by atoms with Crippen LogP contribution in [0.2, 0.25) is 18.1 Å². The SMILES string of the molecule is Cc1cc(O[Si](C)(C)C(C)(C)C)ccc1I. The van der Waals surface area contributed by atoms with Gasteiger partial charge >= 0.3 is 0 Å². The van der Waals surface area contributed by atoms with E-state index in [9.17, 15) is 0 Å². The molecule has 0 bridgehead atoms. The Kier molecular flexibility index (Phi) is 4.11. The summed E-state index contributed by atoms with van der Waals surface area (Å²) in [4.78, 5) is 0. The molecule has 0 N–H and O–H groups in total. The van der Waals surface area contributed by atoms with Crippen LogP contribution in [0.1, 0.15) is 26.3 Å². The van der Waals surface area contributed by atoms with Crippen molar-refractivity contribution < 1.29 is 4.43 Å². The van der Waals surface area contributed by atoms with E-state index in [0.29, 0.717) is 0 Å². The van der Waals surface area contributed by atoms with Crippen molar-refractivity contribution in [2.24, 2.45) is 0 Å². The molecule has 1 nitrogen and oxygen atoms in total. The zero-order valence-corrected chi connectivity index (χ0v) is 14.2. The third kappa shape index (κ3) is 3.23. The molecule has 0 aromatic heterocycles. The molecule has 0 fully saturated rings. The van der Waals surface area contributed by atoms with Crippen LogP contribution >= 0.6 is 22.6 Å². The van der Waals surface area contributed by atoms with Gasteiger partial charge in [-0.1, -0.05) is 20.8 Å². The lowest BCUT2D eigenvalue weighted by atomic mass is 10.2. The van der Waals surface area contributed by atoms with Crippen LogP contribution in [-0.4, -0.2) is 8.32 Å². The van der Waals surface area contributed by atoms with Crippen LogP contribution in [0, 0.1) is 10.5 Å². The van der Waals surface area contributed by atoms with Gasteiger partial charge in [-0.05, 0) is 71.4 Å². The van der Waals surface area contributed by atoms with E-state index in [-0.39, 0.29) is 5.04 Å². The topological polar surface area (TPSA) is 9.23 Å². The Balaban J connectivity index is 2.93. The molecule has 0 atom stereocenters. The predicted molar refractivity (Wildman–Crippen MR) is 81.7 cm³/mol. The molecule has 0 saturated heterocycles. The molecule has 0 amide bonds. The first kappa shape index (κ1) is 14.0. The van der Waals surface area contributed by atoms with E-state index >= 15 is 0 Å². The Morgan fingerprint density at radius 3 is 2.19 bits per heavy atom. The van der Waals surface area contributed by atoms with Crippen molar-refractivity contribution in [2.45, 2.75) is 45.8 Å². The maximum absolute atomic E-state index is 6.24. The highest BCUT2D eigenvalue weighted by atomic mass is 127. The fraction of sp³-hybridized carbons (Fsp3) is 0.538. The highest BCUT2D eigenvalue weighted by Gasteiger charge is 2.38. The minimum absolute atomic E-state index is 0.254. The van der Waals surface area contributed by atoms with E-state index in [1.165, 1.54) is 9.13 Å². The van der Waals surface area contributed by atoms with Gasteiger partial charge in [0.2, 0.25) is 8.32 Å². The maximum atomic E-state index is 6.24. The van der Waals surface area contributed by atoms with E-state index in [1.54, 1.807) is 0 Å². The minimum atomic E-state index is -1.69. The van der Waals surface area contributed by atoms with Crippen molar-refractivity contribution in [3.8, 4) is 5.75 Å². The van der Waals surface area contributed by atoms with E-state index in [2.05, 4.69) is 81.6 Å². The fourth-order valence-corrected chi connectivity index (χ4v) is 2.49. The highest BCUT2D eigenvalue weighted by molar-refractivity contribution is 14.1. The predicted octanol–water partition coefficient (Wildman–Crippen LogP) is 4.98. The van der Waals surface area contributed by atoms with Gasteiger partial charge in [-0.3, -0.25) is 0 Å². The van der Waals surface area contributed by atoms with Gasteiger partial charge in [0.1, 0.15) is 5.75 Å². The van der Waals surface area contributed by atoms with Crippen LogP contribution in [0.3, 0.4) is 0 Å². The second kappa shape index (κ2) is 4.68. The van der Waals surface area contributed by atoms with Crippen LogP contribution in [0.5, 0.6) is 5.75 Å². The first-order valence-electron chi connectivity index (χ1n) is 5.59. The molecular weight excluding hydrogens is 327 g/mol. The average Bonchev–Trinajstić information content (AvgIpc) is 2.09. The third-order valence-electron chi connectivity index (χ3n) is 3.31. The van der Waals surface area contributed by atoms with Gasteiger partial charge in [0.25, 0.3) is 0 Å². The lowest BCUT2D eigenvalue weighted by Gasteiger charge is -2.36. The van der Waals surface area contributed by atoms with Crippen LogP contribution in [0.25, 0.3) is 0 Å². The smallest absolute Gasteiger partial charge is 0.250 e. The van der Waals surface area contributed by atoms with Gasteiger partial charge in [0, 0.05) is 3.57 Å². The van der Waals surface area contributed by atoms with Crippen molar-refractivity contribution in [1.82, 2.24) is 0 Å². The monoisotopic (exact) mass is 348 g/mol. The second-order valence-electron chi connectivity index (χ2n) is 5.77. The van der Waals surface area contributed by atoms with Crippen LogP contribution in [0.15, 0.2) is 18.2 Å². The number of rotatable bonds is 2. The summed E-state index contributed by atoms with van der Waals surface area (Å²) >= 11 is 2.35. The molecule has 0 aliphatic carbocycles. The summed E-state index contributed by atoms with van der Waals surface area (Å²) < 4.78 is 7.53. The quantitative estimate of drug-likeness (QED) is 0.541. The van der Waals surface area contributed by atoms with Crippen LogP contribution in [-0.2, 0) is 0 Å². The van der Waals surface area contributed by atoms with Crippen molar-refractivity contribution in [1.29, 1.82) is 0 Å². The molecule has 0 aliphatic heterocycles. The molecule has 0 aliphatic rings. The number of aryl methyl sites for hydroxylation is 1. The molecule has 0 unspecified atom stereocenters. The molecule has 3 heteroatoms. The van der Waals surface area contributed by atoms with Gasteiger partial charge in [0.05, 0.1) is 0 Å². The Hall–Kier alpha value is -0.0331. The summed E-state index contributed by atoms with van der Waals surface area (Å²) in [5.41, 5.74) is 1.29. The zero-order chi connectivity index (χ0) is 12.6. The van der Waals surface area contributed by atoms with Crippen molar-refractivity contribution in [2.75, 3.05) is 0 Å². The summed E-state index contributed by atoms with van der Waals surface area (Å²) in [6.45, 7) is 13.5. The Morgan fingerprint density at radius 2 is 1.75 bits per heavy atom. The molecule has 0 heterocycles. The summed E-state index contributed by atoms with van der Waals surface area (Å²) in [6.07, 6.45) is 0. The highest BCUT2D eigenvalue weighted by Crippen LogP contribution is 2.37. The minimum Gasteiger partial charge on any atom is -0.543 e. The number of benzene rings is 1. The lowest BCUT2D eigenvalue weighted by molar-refractivity contribution is 0.492. The molecule has 0 radical (unpaired) electrons. The van der Waals surface area contributed by atoms with Gasteiger partial charge < -0.3 is 4.43 Å². The Labute approximate surface area is 114 Å². The van der Waals surface area contributed by atoms with Crippen molar-refractivity contribution in [3.05, 3.63) is 27.3 Å². The molecule has 1 rings (SSSR count). The molecule has 0 spiro atoms. The second-order valence-corrected chi connectivity index (χ2v) is 11.7. The van der Waals surface area contributed by atoms with E-state index < -0.39 is 8.32 Å². The standard InChI is InChI=1S/C13H21IOSi/c1-10-9-11(7-8-12(10)14)15-16(5,6)13(2,3)4/h7-9H,1-6H3. The molecular formula is C13H21IOSi. The fourth-order valence-electron chi connectivity index (χ4n) is 1.13. The van der Waals surface area contributed by atoms with Crippen molar-refractivity contribution >= 4 is 30.9 Å².